The van der Waals surface area contributed by atoms with Crippen molar-refractivity contribution in [3.63, 3.8) is 0 Å². The minimum atomic E-state index is 0.170. The van der Waals surface area contributed by atoms with Crippen LogP contribution in [-0.2, 0) is 0 Å². The van der Waals surface area contributed by atoms with E-state index in [-0.39, 0.29) is 11.5 Å². The maximum Gasteiger partial charge on any atom is 0.123 e. The van der Waals surface area contributed by atoms with E-state index in [9.17, 15) is 5.11 Å². The molecular weight excluding hydrogens is 152 g/mol. The summed E-state index contributed by atoms with van der Waals surface area (Å²) in [6.07, 6.45) is 0. The summed E-state index contributed by atoms with van der Waals surface area (Å²) in [6, 6.07) is 10.2. The summed E-state index contributed by atoms with van der Waals surface area (Å²) in [4.78, 5) is 0. The standard InChI is InChI=1S/C10H8O2/c11-8-5-4-7-2-1-3-10(12)9(7)6-8/h1-6,11-12H. The molecule has 0 amide bonds. The third-order valence-electron chi connectivity index (χ3n) is 1.84. The van der Waals surface area contributed by atoms with Gasteiger partial charge in [0, 0.05) is 5.39 Å². The molecule has 0 bridgehead atoms. The summed E-state index contributed by atoms with van der Waals surface area (Å²) in [6.45, 7) is 0. The number of fused-ring (bicyclic) bond motifs is 1. The summed E-state index contributed by atoms with van der Waals surface area (Å²) in [5.41, 5.74) is 0. The zero-order valence-electron chi connectivity index (χ0n) is 6.36. The van der Waals surface area contributed by atoms with Crippen LogP contribution >= 0.6 is 0 Å². The van der Waals surface area contributed by atoms with Crippen molar-refractivity contribution in [2.75, 3.05) is 0 Å². The summed E-state index contributed by atoms with van der Waals surface area (Å²) >= 11 is 0. The molecule has 2 nitrogen and oxygen atoms in total. The molecule has 2 rings (SSSR count). The van der Waals surface area contributed by atoms with E-state index in [4.69, 9.17) is 5.11 Å². The van der Waals surface area contributed by atoms with Gasteiger partial charge >= 0.3 is 0 Å². The van der Waals surface area contributed by atoms with Crippen LogP contribution in [0.2, 0.25) is 0 Å². The topological polar surface area (TPSA) is 40.5 Å². The first-order valence-electron chi connectivity index (χ1n) is 3.68. The quantitative estimate of drug-likeness (QED) is 0.620. The number of hydrogen-bond donors (Lipinski definition) is 2. The first kappa shape index (κ1) is 6.98. The molecule has 0 saturated carbocycles. The largest absolute Gasteiger partial charge is 0.508 e. The monoisotopic (exact) mass is 160 g/mol. The van der Waals surface area contributed by atoms with E-state index in [0.29, 0.717) is 5.39 Å². The number of hydrogen-bond acceptors (Lipinski definition) is 2. The Morgan fingerprint density at radius 3 is 2.58 bits per heavy atom. The molecule has 0 aromatic heterocycles. The van der Waals surface area contributed by atoms with Gasteiger partial charge in [-0.15, -0.1) is 0 Å². The fraction of sp³-hybridized carbons (Fsp3) is 0. The van der Waals surface area contributed by atoms with Gasteiger partial charge < -0.3 is 10.2 Å². The molecule has 2 N–H and O–H groups in total. The SMILES string of the molecule is Oc1ccc2cccc(O)c2c1. The molecule has 2 aromatic rings. The van der Waals surface area contributed by atoms with Gasteiger partial charge in [-0.2, -0.15) is 0 Å². The smallest absolute Gasteiger partial charge is 0.123 e. The molecule has 60 valence electrons. The van der Waals surface area contributed by atoms with Gasteiger partial charge in [0.1, 0.15) is 11.5 Å². The van der Waals surface area contributed by atoms with E-state index in [2.05, 4.69) is 0 Å². The van der Waals surface area contributed by atoms with Gasteiger partial charge in [0.05, 0.1) is 0 Å². The predicted molar refractivity (Wildman–Crippen MR) is 47.3 cm³/mol. The van der Waals surface area contributed by atoms with Crippen molar-refractivity contribution in [3.05, 3.63) is 36.4 Å². The maximum atomic E-state index is 9.38. The minimum absolute atomic E-state index is 0.170. The molecular formula is C10H8O2. The average molecular weight is 160 g/mol. The van der Waals surface area contributed by atoms with Crippen molar-refractivity contribution in [2.24, 2.45) is 0 Å². The van der Waals surface area contributed by atoms with Gasteiger partial charge in [0.25, 0.3) is 0 Å². The summed E-state index contributed by atoms with van der Waals surface area (Å²) < 4.78 is 0. The number of phenols is 2. The van der Waals surface area contributed by atoms with E-state index in [1.165, 1.54) is 0 Å². The van der Waals surface area contributed by atoms with Gasteiger partial charge in [0.2, 0.25) is 0 Å². The highest BCUT2D eigenvalue weighted by atomic mass is 16.3. The summed E-state index contributed by atoms with van der Waals surface area (Å²) in [7, 11) is 0. The van der Waals surface area contributed by atoms with Crippen molar-refractivity contribution >= 4 is 10.8 Å². The van der Waals surface area contributed by atoms with E-state index >= 15 is 0 Å². The molecule has 0 spiro atoms. The Kier molecular flexibility index (Phi) is 1.40. The fourth-order valence-electron chi connectivity index (χ4n) is 1.24. The lowest BCUT2D eigenvalue weighted by Crippen LogP contribution is -1.72. The van der Waals surface area contributed by atoms with Crippen LogP contribution in [0.3, 0.4) is 0 Å². The second-order valence-electron chi connectivity index (χ2n) is 2.68. The lowest BCUT2D eigenvalue weighted by atomic mass is 10.1. The molecule has 0 saturated heterocycles. The minimum Gasteiger partial charge on any atom is -0.508 e. The second-order valence-corrected chi connectivity index (χ2v) is 2.68. The molecule has 0 unspecified atom stereocenters. The molecule has 0 radical (unpaired) electrons. The molecule has 0 aliphatic rings. The molecule has 12 heavy (non-hydrogen) atoms. The van der Waals surface area contributed by atoms with Gasteiger partial charge in [-0.3, -0.25) is 0 Å². The van der Waals surface area contributed by atoms with Crippen molar-refractivity contribution in [1.82, 2.24) is 0 Å². The van der Waals surface area contributed by atoms with Gasteiger partial charge in [-0.25, -0.2) is 0 Å². The third kappa shape index (κ3) is 0.975. The Bertz CT molecular complexity index is 421. The van der Waals surface area contributed by atoms with Crippen LogP contribution in [-0.4, -0.2) is 10.2 Å². The van der Waals surface area contributed by atoms with E-state index in [1.807, 2.05) is 6.07 Å². The fourth-order valence-corrected chi connectivity index (χ4v) is 1.24. The van der Waals surface area contributed by atoms with Crippen molar-refractivity contribution in [1.29, 1.82) is 0 Å². The molecule has 0 atom stereocenters. The van der Waals surface area contributed by atoms with Gasteiger partial charge in [0.15, 0.2) is 0 Å². The summed E-state index contributed by atoms with van der Waals surface area (Å²) in [5.74, 6) is 0.368. The Morgan fingerprint density at radius 2 is 1.75 bits per heavy atom. The van der Waals surface area contributed by atoms with Crippen molar-refractivity contribution < 1.29 is 10.2 Å². The van der Waals surface area contributed by atoms with Crippen LogP contribution in [0.5, 0.6) is 11.5 Å². The number of benzene rings is 2. The van der Waals surface area contributed by atoms with Crippen LogP contribution in [0.15, 0.2) is 36.4 Å². The van der Waals surface area contributed by atoms with Crippen molar-refractivity contribution in [3.8, 4) is 11.5 Å². The van der Waals surface area contributed by atoms with E-state index in [0.717, 1.165) is 5.39 Å². The second kappa shape index (κ2) is 2.41. The molecule has 0 heterocycles. The highest BCUT2D eigenvalue weighted by molar-refractivity contribution is 5.89. The Balaban J connectivity index is 2.88. The Labute approximate surface area is 69.7 Å². The third-order valence-corrected chi connectivity index (χ3v) is 1.84. The number of aromatic hydroxyl groups is 2. The first-order valence-corrected chi connectivity index (χ1v) is 3.68. The zero-order valence-corrected chi connectivity index (χ0v) is 6.36. The molecule has 2 aromatic carbocycles. The molecule has 0 aliphatic carbocycles. The molecule has 0 aliphatic heterocycles. The Morgan fingerprint density at radius 1 is 0.917 bits per heavy atom. The number of rotatable bonds is 0. The van der Waals surface area contributed by atoms with Crippen molar-refractivity contribution in [2.45, 2.75) is 0 Å². The Hall–Kier alpha value is -1.70. The van der Waals surface area contributed by atoms with Crippen LogP contribution in [0.25, 0.3) is 10.8 Å². The van der Waals surface area contributed by atoms with Crippen LogP contribution in [0.1, 0.15) is 0 Å². The highest BCUT2D eigenvalue weighted by Crippen LogP contribution is 2.27. The van der Waals surface area contributed by atoms with E-state index in [1.54, 1.807) is 30.3 Å². The van der Waals surface area contributed by atoms with Crippen LogP contribution < -0.4 is 0 Å². The van der Waals surface area contributed by atoms with Crippen LogP contribution in [0, 0.1) is 0 Å². The molecule has 0 fully saturated rings. The van der Waals surface area contributed by atoms with Gasteiger partial charge in [-0.1, -0.05) is 18.2 Å². The zero-order chi connectivity index (χ0) is 8.55. The predicted octanol–water partition coefficient (Wildman–Crippen LogP) is 2.25. The molecule has 2 heteroatoms. The average Bonchev–Trinajstić information content (AvgIpc) is 2.07. The first-order chi connectivity index (χ1) is 5.77. The van der Waals surface area contributed by atoms with Gasteiger partial charge in [-0.05, 0) is 23.6 Å². The highest BCUT2D eigenvalue weighted by Gasteiger charge is 1.98. The summed E-state index contributed by atoms with van der Waals surface area (Å²) in [5, 5.41) is 20.1. The van der Waals surface area contributed by atoms with E-state index < -0.39 is 0 Å². The van der Waals surface area contributed by atoms with Crippen LogP contribution in [0.4, 0.5) is 0 Å². The number of phenolic OH excluding ortho intramolecular Hbond substituents is 2. The normalized spacial score (nSPS) is 10.3. The maximum absolute atomic E-state index is 9.38. The lowest BCUT2D eigenvalue weighted by Gasteiger charge is -2.00. The lowest BCUT2D eigenvalue weighted by molar-refractivity contribution is 0.471.